The number of nitrogens with two attached hydrogens (primary N) is 1. The highest BCUT2D eigenvalue weighted by Gasteiger charge is 2.30. The molecule has 4 N–H and O–H groups in total. The Morgan fingerprint density at radius 3 is 2.65 bits per heavy atom. The Labute approximate surface area is 120 Å². The van der Waals surface area contributed by atoms with Gasteiger partial charge in [0.1, 0.15) is 0 Å². The molecular weight excluding hydrogens is 276 g/mol. The number of H-pyrrole nitrogens is 1. The Kier molecular flexibility index (Phi) is 4.51. The third kappa shape index (κ3) is 3.05. The zero-order valence-corrected chi connectivity index (χ0v) is 13.1. The number of nitrogens with zero attached hydrogens (tertiary/aromatic N) is 1. The van der Waals surface area contributed by atoms with Gasteiger partial charge < -0.3 is 5.73 Å². The van der Waals surface area contributed by atoms with Gasteiger partial charge in [-0.25, -0.2) is 13.1 Å². The summed E-state index contributed by atoms with van der Waals surface area (Å²) in [4.78, 5) is 0. The van der Waals surface area contributed by atoms with Crippen molar-refractivity contribution < 1.29 is 8.42 Å². The van der Waals surface area contributed by atoms with Crippen molar-refractivity contribution in [2.75, 3.05) is 0 Å². The molecule has 1 aliphatic rings. The molecule has 1 aliphatic carbocycles. The summed E-state index contributed by atoms with van der Waals surface area (Å²) < 4.78 is 27.6. The minimum absolute atomic E-state index is 0.00571. The lowest BCUT2D eigenvalue weighted by Gasteiger charge is -2.32. The fraction of sp³-hybridized carbons (Fsp3) is 0.769. The van der Waals surface area contributed by atoms with Crippen LogP contribution in [0.2, 0.25) is 0 Å². The van der Waals surface area contributed by atoms with Gasteiger partial charge in [0.2, 0.25) is 0 Å². The lowest BCUT2D eigenvalue weighted by atomic mass is 9.79. The molecule has 0 radical (unpaired) electrons. The van der Waals surface area contributed by atoms with Gasteiger partial charge >= 0.3 is 0 Å². The van der Waals surface area contributed by atoms with Crippen molar-refractivity contribution in [3.8, 4) is 0 Å². The molecule has 2 rings (SSSR count). The Balaban J connectivity index is 2.15. The third-order valence-corrected chi connectivity index (χ3v) is 5.91. The largest absolute Gasteiger partial charge is 0.326 e. The van der Waals surface area contributed by atoms with Gasteiger partial charge in [0.05, 0.1) is 0 Å². The lowest BCUT2D eigenvalue weighted by molar-refractivity contribution is 0.241. The van der Waals surface area contributed by atoms with Crippen LogP contribution in [0.1, 0.15) is 44.4 Å². The maximum absolute atomic E-state index is 12.4. The normalized spacial score (nSPS) is 27.7. The zero-order valence-electron chi connectivity index (χ0n) is 12.3. The molecule has 0 amide bonds. The number of rotatable bonds is 4. The van der Waals surface area contributed by atoms with E-state index in [2.05, 4.69) is 28.8 Å². The van der Waals surface area contributed by atoms with Crippen LogP contribution in [0.3, 0.4) is 0 Å². The van der Waals surface area contributed by atoms with E-state index in [0.29, 0.717) is 23.1 Å². The number of hydrogen-bond acceptors (Lipinski definition) is 4. The Hall–Kier alpha value is -0.920. The molecule has 1 fully saturated rings. The highest BCUT2D eigenvalue weighted by Crippen LogP contribution is 2.30. The van der Waals surface area contributed by atoms with E-state index in [-0.39, 0.29) is 17.6 Å². The average Bonchev–Trinajstić information content (AvgIpc) is 2.75. The maximum atomic E-state index is 12.4. The van der Waals surface area contributed by atoms with Crippen LogP contribution in [0.15, 0.2) is 5.03 Å². The molecule has 7 heteroatoms. The first-order chi connectivity index (χ1) is 9.35. The number of aryl methyl sites for hydroxylation is 1. The van der Waals surface area contributed by atoms with Crippen LogP contribution in [0.25, 0.3) is 0 Å². The quantitative estimate of drug-likeness (QED) is 0.779. The minimum Gasteiger partial charge on any atom is -0.326 e. The summed E-state index contributed by atoms with van der Waals surface area (Å²) in [7, 11) is -3.60. The second-order valence-corrected chi connectivity index (χ2v) is 7.55. The van der Waals surface area contributed by atoms with Gasteiger partial charge in [0.15, 0.2) is 5.03 Å². The van der Waals surface area contributed by atoms with Crippen molar-refractivity contribution in [2.45, 2.75) is 57.6 Å². The van der Waals surface area contributed by atoms with Gasteiger partial charge in [-0.1, -0.05) is 13.8 Å². The number of sulfonamides is 1. The van der Waals surface area contributed by atoms with Gasteiger partial charge in [-0.05, 0) is 38.0 Å². The highest BCUT2D eigenvalue weighted by molar-refractivity contribution is 7.89. The smallest absolute Gasteiger partial charge is 0.260 e. The van der Waals surface area contributed by atoms with E-state index in [0.717, 1.165) is 19.3 Å². The molecule has 0 bridgehead atoms. The van der Waals surface area contributed by atoms with Crippen LogP contribution in [0.5, 0.6) is 0 Å². The summed E-state index contributed by atoms with van der Waals surface area (Å²) in [5.74, 6) is 1.19. The van der Waals surface area contributed by atoms with Crippen molar-refractivity contribution in [2.24, 2.45) is 17.6 Å². The average molecular weight is 300 g/mol. The SMILES string of the molecule is Cc1[nH]nc(S(=O)(=O)NC2CCC(C)C(C)C2)c1CN. The fourth-order valence-corrected chi connectivity index (χ4v) is 4.31. The first-order valence-corrected chi connectivity index (χ1v) is 8.59. The van der Waals surface area contributed by atoms with Gasteiger partial charge in [-0.3, -0.25) is 5.10 Å². The summed E-state index contributed by atoms with van der Waals surface area (Å²) in [6, 6.07) is -0.00571. The van der Waals surface area contributed by atoms with Gasteiger partial charge in [-0.15, -0.1) is 0 Å². The van der Waals surface area contributed by atoms with E-state index in [9.17, 15) is 8.42 Å². The van der Waals surface area contributed by atoms with Crippen LogP contribution in [0, 0.1) is 18.8 Å². The number of hydrogen-bond donors (Lipinski definition) is 3. The summed E-state index contributed by atoms with van der Waals surface area (Å²) in [5, 5.41) is 6.65. The van der Waals surface area contributed by atoms with Crippen molar-refractivity contribution in [3.05, 3.63) is 11.3 Å². The number of aromatic amines is 1. The van der Waals surface area contributed by atoms with Crippen molar-refractivity contribution in [3.63, 3.8) is 0 Å². The molecule has 0 spiro atoms. The van der Waals surface area contributed by atoms with E-state index in [1.54, 1.807) is 6.92 Å². The molecule has 0 aliphatic heterocycles. The zero-order chi connectivity index (χ0) is 14.9. The van der Waals surface area contributed by atoms with E-state index in [1.807, 2.05) is 0 Å². The van der Waals surface area contributed by atoms with E-state index in [1.165, 1.54) is 0 Å². The molecule has 0 saturated heterocycles. The number of nitrogens with one attached hydrogen (secondary N) is 2. The van der Waals surface area contributed by atoms with Crippen LogP contribution >= 0.6 is 0 Å². The fourth-order valence-electron chi connectivity index (χ4n) is 2.82. The predicted molar refractivity (Wildman–Crippen MR) is 77.5 cm³/mol. The highest BCUT2D eigenvalue weighted by atomic mass is 32.2. The van der Waals surface area contributed by atoms with Gasteiger partial charge in [0.25, 0.3) is 10.0 Å². The Bertz CT molecular complexity index is 567. The summed E-state index contributed by atoms with van der Waals surface area (Å²) in [6.07, 6.45) is 2.81. The van der Waals surface area contributed by atoms with Crippen LogP contribution in [-0.4, -0.2) is 24.7 Å². The monoisotopic (exact) mass is 300 g/mol. The molecular formula is C13H24N4O2S. The molecule has 1 aromatic heterocycles. The lowest BCUT2D eigenvalue weighted by Crippen LogP contribution is -2.40. The molecule has 0 aromatic carbocycles. The second-order valence-electron chi connectivity index (χ2n) is 5.92. The van der Waals surface area contributed by atoms with Gasteiger partial charge in [0, 0.05) is 23.8 Å². The molecule has 1 aromatic rings. The van der Waals surface area contributed by atoms with Crippen molar-refractivity contribution >= 4 is 10.0 Å². The van der Waals surface area contributed by atoms with Crippen LogP contribution in [0.4, 0.5) is 0 Å². The van der Waals surface area contributed by atoms with E-state index >= 15 is 0 Å². The number of aromatic nitrogens is 2. The van der Waals surface area contributed by atoms with Crippen LogP contribution in [-0.2, 0) is 16.6 Å². The summed E-state index contributed by atoms with van der Waals surface area (Å²) in [5.41, 5.74) is 6.89. The molecule has 1 saturated carbocycles. The molecule has 114 valence electrons. The standard InChI is InChI=1S/C13H24N4O2S/c1-8-4-5-11(6-9(8)2)17-20(18,19)13-12(7-14)10(3)15-16-13/h8-9,11,17H,4-7,14H2,1-3H3,(H,15,16). The van der Waals surface area contributed by atoms with Gasteiger partial charge in [-0.2, -0.15) is 5.10 Å². The molecule has 1 heterocycles. The maximum Gasteiger partial charge on any atom is 0.260 e. The summed E-state index contributed by atoms with van der Waals surface area (Å²) >= 11 is 0. The first kappa shape index (κ1) is 15.5. The molecule has 20 heavy (non-hydrogen) atoms. The Morgan fingerprint density at radius 2 is 2.05 bits per heavy atom. The first-order valence-electron chi connectivity index (χ1n) is 7.11. The second kappa shape index (κ2) is 5.83. The minimum atomic E-state index is -3.60. The van der Waals surface area contributed by atoms with Crippen molar-refractivity contribution in [1.82, 2.24) is 14.9 Å². The topological polar surface area (TPSA) is 101 Å². The Morgan fingerprint density at radius 1 is 1.35 bits per heavy atom. The van der Waals surface area contributed by atoms with Crippen molar-refractivity contribution in [1.29, 1.82) is 0 Å². The van der Waals surface area contributed by atoms with E-state index in [4.69, 9.17) is 5.73 Å². The van der Waals surface area contributed by atoms with Crippen LogP contribution < -0.4 is 10.5 Å². The van der Waals surface area contributed by atoms with E-state index < -0.39 is 10.0 Å². The summed E-state index contributed by atoms with van der Waals surface area (Å²) in [6.45, 7) is 6.34. The third-order valence-electron chi connectivity index (χ3n) is 4.41. The molecule has 3 unspecified atom stereocenters. The molecule has 3 atom stereocenters. The predicted octanol–water partition coefficient (Wildman–Crippen LogP) is 1.28. The molecule has 6 nitrogen and oxygen atoms in total.